The molecule has 1 aliphatic heterocycles. The summed E-state index contributed by atoms with van der Waals surface area (Å²) in [6, 6.07) is 12.6. The Hall–Kier alpha value is -1.15. The molecule has 23 heavy (non-hydrogen) atoms. The third-order valence-electron chi connectivity index (χ3n) is 3.98. The fourth-order valence-electron chi connectivity index (χ4n) is 2.75. The zero-order chi connectivity index (χ0) is 15.7. The lowest BCUT2D eigenvalue weighted by atomic mass is 9.82. The summed E-state index contributed by atoms with van der Waals surface area (Å²) in [5, 5.41) is 4.23. The van der Waals surface area contributed by atoms with Crippen LogP contribution in [0.3, 0.4) is 0 Å². The van der Waals surface area contributed by atoms with Gasteiger partial charge in [-0.15, -0.1) is 24.0 Å². The van der Waals surface area contributed by atoms with Gasteiger partial charge >= 0.3 is 0 Å². The summed E-state index contributed by atoms with van der Waals surface area (Å²) in [6.07, 6.45) is 1.95. The minimum atomic E-state index is -0.496. The van der Waals surface area contributed by atoms with Crippen molar-refractivity contribution in [2.75, 3.05) is 6.26 Å². The Bertz CT molecular complexity index is 704. The van der Waals surface area contributed by atoms with Crippen LogP contribution < -0.4 is 5.32 Å². The van der Waals surface area contributed by atoms with Gasteiger partial charge in [-0.05, 0) is 48.6 Å². The molecule has 0 aliphatic carbocycles. The van der Waals surface area contributed by atoms with Crippen LogP contribution in [0.15, 0.2) is 53.5 Å². The summed E-state index contributed by atoms with van der Waals surface area (Å²) in [7, 11) is 0. The summed E-state index contributed by atoms with van der Waals surface area (Å²) in [5.41, 5.74) is 1.37. The fourth-order valence-corrected chi connectivity index (χ4v) is 3.28. The van der Waals surface area contributed by atoms with Crippen molar-refractivity contribution in [1.29, 1.82) is 0 Å². The van der Waals surface area contributed by atoms with E-state index in [0.717, 1.165) is 16.3 Å². The Morgan fingerprint density at radius 3 is 2.04 bits per heavy atom. The number of nitrogens with zero attached hydrogens (tertiary/aromatic N) is 1. The van der Waals surface area contributed by atoms with E-state index < -0.39 is 5.54 Å². The van der Waals surface area contributed by atoms with Crippen LogP contribution in [-0.4, -0.2) is 11.4 Å². The van der Waals surface area contributed by atoms with Crippen LogP contribution in [-0.2, 0) is 5.54 Å². The smallest absolute Gasteiger partial charge is 0.157 e. The summed E-state index contributed by atoms with van der Waals surface area (Å²) >= 11 is 1.52. The third kappa shape index (κ3) is 3.52. The van der Waals surface area contributed by atoms with Crippen LogP contribution in [0, 0.1) is 11.6 Å². The fraction of sp³-hybridized carbons (Fsp3) is 0.235. The lowest BCUT2D eigenvalue weighted by Gasteiger charge is -2.32. The quantitative estimate of drug-likeness (QED) is 0.667. The van der Waals surface area contributed by atoms with Gasteiger partial charge in [0.15, 0.2) is 5.17 Å². The molecule has 1 N–H and O–H groups in total. The monoisotopic (exact) mass is 446 g/mol. The molecule has 122 valence electrons. The molecule has 2 atom stereocenters. The number of hydrogen-bond acceptors (Lipinski definition) is 3. The van der Waals surface area contributed by atoms with Crippen molar-refractivity contribution in [1.82, 2.24) is 5.32 Å². The predicted molar refractivity (Wildman–Crippen MR) is 102 cm³/mol. The molecule has 0 fully saturated rings. The maximum atomic E-state index is 13.2. The molecule has 2 unspecified atom stereocenters. The molecular formula is C17H17F2IN2S. The standard InChI is InChI=1S/C17H16F2N2S.HI/c1-17(12-5-9-14(19)10-6-12)15(20-16(21-17)22-2)11-3-7-13(18)8-4-11;/h3-10,15H,1-2H3,(H,20,21);1H. The molecule has 0 aromatic heterocycles. The molecule has 0 saturated heterocycles. The molecule has 1 aliphatic rings. The maximum Gasteiger partial charge on any atom is 0.157 e. The van der Waals surface area contributed by atoms with E-state index in [1.807, 2.05) is 13.2 Å². The maximum absolute atomic E-state index is 13.2. The van der Waals surface area contributed by atoms with Crippen LogP contribution in [0.1, 0.15) is 24.1 Å². The van der Waals surface area contributed by atoms with Gasteiger partial charge in [0.25, 0.3) is 0 Å². The van der Waals surface area contributed by atoms with Gasteiger partial charge in [0.2, 0.25) is 0 Å². The number of benzene rings is 2. The first kappa shape index (κ1) is 18.2. The molecule has 0 spiro atoms. The van der Waals surface area contributed by atoms with Crippen LogP contribution >= 0.6 is 35.7 Å². The molecule has 0 saturated carbocycles. The Kier molecular flexibility index (Phi) is 5.67. The first-order chi connectivity index (χ1) is 10.5. The van der Waals surface area contributed by atoms with Gasteiger partial charge in [0.05, 0.1) is 5.54 Å². The molecule has 3 rings (SSSR count). The molecule has 2 nitrogen and oxygen atoms in total. The van der Waals surface area contributed by atoms with E-state index in [1.54, 1.807) is 24.3 Å². The topological polar surface area (TPSA) is 24.4 Å². The van der Waals surface area contributed by atoms with Gasteiger partial charge in [0.1, 0.15) is 17.7 Å². The Balaban J connectivity index is 0.00000192. The SMILES string of the molecule is CSC1=NC(c2ccc(F)cc2)C(C)(c2ccc(F)cc2)N1.I. The third-order valence-corrected chi connectivity index (χ3v) is 4.58. The Labute approximate surface area is 155 Å². The van der Waals surface area contributed by atoms with Crippen molar-refractivity contribution in [2.24, 2.45) is 4.99 Å². The second-order valence-corrected chi connectivity index (χ2v) is 6.22. The number of amidine groups is 1. The average Bonchev–Trinajstić information content (AvgIpc) is 2.87. The normalized spacial score (nSPS) is 23.0. The molecule has 0 bridgehead atoms. The summed E-state index contributed by atoms with van der Waals surface area (Å²) < 4.78 is 26.4. The second-order valence-electron chi connectivity index (χ2n) is 5.43. The first-order valence-corrected chi connectivity index (χ1v) is 8.17. The van der Waals surface area contributed by atoms with Gasteiger partial charge in [-0.1, -0.05) is 36.0 Å². The highest BCUT2D eigenvalue weighted by Crippen LogP contribution is 2.42. The van der Waals surface area contributed by atoms with Gasteiger partial charge in [0, 0.05) is 0 Å². The van der Waals surface area contributed by atoms with Gasteiger partial charge in [-0.25, -0.2) is 8.78 Å². The van der Waals surface area contributed by atoms with E-state index in [1.165, 1.54) is 36.0 Å². The molecule has 0 amide bonds. The average molecular weight is 446 g/mol. The lowest BCUT2D eigenvalue weighted by Crippen LogP contribution is -2.40. The molecule has 2 aromatic carbocycles. The van der Waals surface area contributed by atoms with Crippen LogP contribution in [0.2, 0.25) is 0 Å². The zero-order valence-corrected chi connectivity index (χ0v) is 15.9. The van der Waals surface area contributed by atoms with E-state index in [0.29, 0.717) is 0 Å². The first-order valence-electron chi connectivity index (χ1n) is 6.94. The Morgan fingerprint density at radius 1 is 1.00 bits per heavy atom. The zero-order valence-electron chi connectivity index (χ0n) is 12.7. The highest BCUT2D eigenvalue weighted by molar-refractivity contribution is 14.0. The van der Waals surface area contributed by atoms with Crippen molar-refractivity contribution < 1.29 is 8.78 Å². The summed E-state index contributed by atoms with van der Waals surface area (Å²) in [4.78, 5) is 4.71. The lowest BCUT2D eigenvalue weighted by molar-refractivity contribution is 0.386. The molecule has 0 radical (unpaired) electrons. The second kappa shape index (κ2) is 7.17. The van der Waals surface area contributed by atoms with E-state index in [4.69, 9.17) is 4.99 Å². The van der Waals surface area contributed by atoms with Gasteiger partial charge in [-0.3, -0.25) is 4.99 Å². The summed E-state index contributed by atoms with van der Waals surface area (Å²) in [5.74, 6) is -0.540. The largest absolute Gasteiger partial charge is 0.353 e. The van der Waals surface area contributed by atoms with Crippen LogP contribution in [0.5, 0.6) is 0 Å². The molecule has 1 heterocycles. The van der Waals surface area contributed by atoms with Crippen molar-refractivity contribution in [2.45, 2.75) is 18.5 Å². The number of thioether (sulfide) groups is 1. The minimum absolute atomic E-state index is 0. The number of nitrogens with one attached hydrogen (secondary N) is 1. The van der Waals surface area contributed by atoms with Gasteiger partial charge < -0.3 is 5.32 Å². The van der Waals surface area contributed by atoms with E-state index in [2.05, 4.69) is 5.32 Å². The van der Waals surface area contributed by atoms with Gasteiger partial charge in [-0.2, -0.15) is 0 Å². The van der Waals surface area contributed by atoms with E-state index in [-0.39, 0.29) is 41.7 Å². The number of rotatable bonds is 2. The number of halogens is 3. The van der Waals surface area contributed by atoms with Crippen molar-refractivity contribution in [3.05, 3.63) is 71.3 Å². The highest BCUT2D eigenvalue weighted by Gasteiger charge is 2.42. The molecule has 2 aromatic rings. The Morgan fingerprint density at radius 2 is 1.52 bits per heavy atom. The molecular weight excluding hydrogens is 429 g/mol. The van der Waals surface area contributed by atoms with Crippen molar-refractivity contribution in [3.63, 3.8) is 0 Å². The molecule has 6 heteroatoms. The van der Waals surface area contributed by atoms with Crippen LogP contribution in [0.25, 0.3) is 0 Å². The van der Waals surface area contributed by atoms with E-state index >= 15 is 0 Å². The number of aliphatic imine (C=N–C) groups is 1. The van der Waals surface area contributed by atoms with Crippen LogP contribution in [0.4, 0.5) is 8.78 Å². The minimum Gasteiger partial charge on any atom is -0.353 e. The summed E-state index contributed by atoms with van der Waals surface area (Å²) in [6.45, 7) is 2.03. The van der Waals surface area contributed by atoms with Crippen molar-refractivity contribution >= 4 is 40.9 Å². The predicted octanol–water partition coefficient (Wildman–Crippen LogP) is 4.86. The van der Waals surface area contributed by atoms with Crippen molar-refractivity contribution in [3.8, 4) is 0 Å². The van der Waals surface area contributed by atoms with E-state index in [9.17, 15) is 8.78 Å². The highest BCUT2D eigenvalue weighted by atomic mass is 127. The number of hydrogen-bond donors (Lipinski definition) is 1.